The Bertz CT molecular complexity index is 580. The molecule has 0 radical (unpaired) electrons. The molecule has 1 rings (SSSR count). The first kappa shape index (κ1) is 21.3. The number of nitrogens with two attached hydrogens (primary N) is 1. The van der Waals surface area contributed by atoms with Gasteiger partial charge in [0.25, 0.3) is 0 Å². The molecule has 25 heavy (non-hydrogen) atoms. The van der Waals surface area contributed by atoms with Crippen LogP contribution in [-0.4, -0.2) is 59.7 Å². The minimum absolute atomic E-state index is 0.116. The number of carbonyl (C=O) groups excluding carboxylic acids is 1. The van der Waals surface area contributed by atoms with Crippen LogP contribution in [0, 0.1) is 0 Å². The molecule has 0 aromatic heterocycles. The third-order valence-corrected chi connectivity index (χ3v) is 4.99. The van der Waals surface area contributed by atoms with E-state index in [-0.39, 0.29) is 12.1 Å². The van der Waals surface area contributed by atoms with E-state index in [1.165, 1.54) is 0 Å². The molecule has 8 nitrogen and oxygen atoms in total. The van der Waals surface area contributed by atoms with E-state index in [4.69, 9.17) is 10.5 Å². The van der Waals surface area contributed by atoms with Gasteiger partial charge < -0.3 is 21.1 Å². The Kier molecular flexibility index (Phi) is 6.87. The SMILES string of the molecule is C=NN=C(N)C(C)(Br)C(C)NC1=C(NC)CN(C(=O)OC(C)(C)C)C1. The van der Waals surface area contributed by atoms with Gasteiger partial charge in [0, 0.05) is 19.8 Å². The molecule has 0 spiro atoms. The smallest absolute Gasteiger partial charge is 0.410 e. The van der Waals surface area contributed by atoms with Crippen LogP contribution in [-0.2, 0) is 4.74 Å². The van der Waals surface area contributed by atoms with E-state index >= 15 is 0 Å². The molecule has 0 bridgehead atoms. The fourth-order valence-electron chi connectivity index (χ4n) is 2.24. The monoisotopic (exact) mass is 416 g/mol. The molecule has 142 valence electrons. The Morgan fingerprint density at radius 3 is 2.40 bits per heavy atom. The molecule has 1 aliphatic heterocycles. The molecule has 0 aliphatic carbocycles. The Balaban J connectivity index is 2.85. The third kappa shape index (κ3) is 5.62. The number of amides is 1. The summed E-state index contributed by atoms with van der Waals surface area (Å²) in [5.41, 5.74) is 7.27. The lowest BCUT2D eigenvalue weighted by atomic mass is 10.0. The van der Waals surface area contributed by atoms with Crippen LogP contribution in [0.3, 0.4) is 0 Å². The highest BCUT2D eigenvalue weighted by Gasteiger charge is 2.36. The van der Waals surface area contributed by atoms with Crippen LogP contribution in [0.15, 0.2) is 21.6 Å². The van der Waals surface area contributed by atoms with Crippen LogP contribution in [0.4, 0.5) is 4.79 Å². The van der Waals surface area contributed by atoms with E-state index in [2.05, 4.69) is 43.5 Å². The van der Waals surface area contributed by atoms with Crippen molar-refractivity contribution in [3.05, 3.63) is 11.4 Å². The molecule has 0 saturated carbocycles. The van der Waals surface area contributed by atoms with E-state index in [0.29, 0.717) is 18.9 Å². The number of amidine groups is 1. The Labute approximate surface area is 158 Å². The Hall–Kier alpha value is -1.77. The summed E-state index contributed by atoms with van der Waals surface area (Å²) in [4.78, 5) is 13.9. The first-order valence-electron chi connectivity index (χ1n) is 8.05. The van der Waals surface area contributed by atoms with Gasteiger partial charge in [0.15, 0.2) is 0 Å². The summed E-state index contributed by atoms with van der Waals surface area (Å²) in [5, 5.41) is 13.8. The maximum absolute atomic E-state index is 12.3. The Morgan fingerprint density at radius 1 is 1.36 bits per heavy atom. The van der Waals surface area contributed by atoms with Crippen LogP contribution < -0.4 is 16.4 Å². The van der Waals surface area contributed by atoms with E-state index < -0.39 is 9.93 Å². The molecule has 0 aromatic carbocycles. The number of halogens is 1. The number of ether oxygens (including phenoxy) is 1. The first-order chi connectivity index (χ1) is 11.4. The van der Waals surface area contributed by atoms with Crippen molar-refractivity contribution in [3.63, 3.8) is 0 Å². The quantitative estimate of drug-likeness (QED) is 0.265. The number of nitrogens with one attached hydrogen (secondary N) is 2. The molecule has 4 N–H and O–H groups in total. The molecule has 0 aromatic rings. The van der Waals surface area contributed by atoms with Gasteiger partial charge in [-0.3, -0.25) is 4.90 Å². The number of carbonyl (C=O) groups is 1. The molecule has 1 heterocycles. The lowest BCUT2D eigenvalue weighted by molar-refractivity contribution is 0.0296. The summed E-state index contributed by atoms with van der Waals surface area (Å²) in [7, 11) is 1.82. The second-order valence-electron chi connectivity index (χ2n) is 7.11. The van der Waals surface area contributed by atoms with Crippen LogP contribution in [0.25, 0.3) is 0 Å². The molecule has 0 saturated heterocycles. The summed E-state index contributed by atoms with van der Waals surface area (Å²) < 4.78 is 4.82. The fourth-order valence-corrected chi connectivity index (χ4v) is 2.43. The first-order valence-corrected chi connectivity index (χ1v) is 8.84. The average Bonchev–Trinajstić information content (AvgIpc) is 2.88. The summed E-state index contributed by atoms with van der Waals surface area (Å²) in [6.45, 7) is 13.6. The molecular weight excluding hydrogens is 388 g/mol. The van der Waals surface area contributed by atoms with Crippen molar-refractivity contribution in [2.75, 3.05) is 20.1 Å². The summed E-state index contributed by atoms with van der Waals surface area (Å²) in [6.07, 6.45) is -0.344. The van der Waals surface area contributed by atoms with Crippen molar-refractivity contribution in [2.24, 2.45) is 15.9 Å². The number of alkyl halides is 1. The van der Waals surface area contributed by atoms with Crippen molar-refractivity contribution in [1.29, 1.82) is 0 Å². The molecule has 0 fully saturated rings. The Morgan fingerprint density at radius 2 is 1.92 bits per heavy atom. The van der Waals surface area contributed by atoms with E-state index in [1.807, 2.05) is 41.7 Å². The van der Waals surface area contributed by atoms with Crippen molar-refractivity contribution in [2.45, 2.75) is 50.6 Å². The second kappa shape index (κ2) is 8.07. The third-order valence-electron chi connectivity index (χ3n) is 3.90. The lowest BCUT2D eigenvalue weighted by Gasteiger charge is -2.31. The summed E-state index contributed by atoms with van der Waals surface area (Å²) >= 11 is 3.59. The fraction of sp³-hybridized carbons (Fsp3) is 0.688. The van der Waals surface area contributed by atoms with Crippen LogP contribution >= 0.6 is 15.9 Å². The normalized spacial score (nSPS) is 19.3. The van der Waals surface area contributed by atoms with Gasteiger partial charge >= 0.3 is 6.09 Å². The largest absolute Gasteiger partial charge is 0.444 e. The number of likely N-dealkylation sites (N-methyl/N-ethyl adjacent to an activating group) is 1. The van der Waals surface area contributed by atoms with Crippen molar-refractivity contribution in [3.8, 4) is 0 Å². The number of hydrogen-bond acceptors (Lipinski definition) is 6. The van der Waals surface area contributed by atoms with Gasteiger partial charge in [-0.25, -0.2) is 4.79 Å². The van der Waals surface area contributed by atoms with Crippen molar-refractivity contribution in [1.82, 2.24) is 15.5 Å². The van der Waals surface area contributed by atoms with Crippen LogP contribution in [0.1, 0.15) is 34.6 Å². The van der Waals surface area contributed by atoms with Crippen LogP contribution in [0.2, 0.25) is 0 Å². The molecule has 1 aliphatic rings. The maximum Gasteiger partial charge on any atom is 0.410 e. The average molecular weight is 417 g/mol. The zero-order valence-corrected chi connectivity index (χ0v) is 17.4. The van der Waals surface area contributed by atoms with Gasteiger partial charge in [-0.05, 0) is 34.6 Å². The highest BCUT2D eigenvalue weighted by atomic mass is 79.9. The molecular formula is C16H29BrN6O2. The maximum atomic E-state index is 12.3. The predicted molar refractivity (Wildman–Crippen MR) is 105 cm³/mol. The van der Waals surface area contributed by atoms with Gasteiger partial charge in [-0.1, -0.05) is 15.9 Å². The second-order valence-corrected chi connectivity index (χ2v) is 8.76. The summed E-state index contributed by atoms with van der Waals surface area (Å²) in [6, 6.07) is -0.116. The van der Waals surface area contributed by atoms with E-state index in [0.717, 1.165) is 11.4 Å². The standard InChI is InChI=1S/C16H29BrN6O2/c1-10(16(5,17)13(18)22-20-7)21-12-9-23(8-11(12)19-6)14(24)25-15(2,3)4/h10,19,21H,7-9H2,1-6H3,(H2,18,22). The van der Waals surface area contributed by atoms with Crippen LogP contribution in [0.5, 0.6) is 0 Å². The van der Waals surface area contributed by atoms with Gasteiger partial charge in [0.1, 0.15) is 15.8 Å². The number of nitrogens with zero attached hydrogens (tertiary/aromatic N) is 3. The van der Waals surface area contributed by atoms with Gasteiger partial charge in [-0.2, -0.15) is 5.10 Å². The highest BCUT2D eigenvalue weighted by molar-refractivity contribution is 9.10. The molecule has 9 heteroatoms. The van der Waals surface area contributed by atoms with E-state index in [9.17, 15) is 4.79 Å². The molecule has 2 unspecified atom stereocenters. The van der Waals surface area contributed by atoms with Crippen molar-refractivity contribution >= 4 is 34.6 Å². The topological polar surface area (TPSA) is 104 Å². The highest BCUT2D eigenvalue weighted by Crippen LogP contribution is 2.25. The zero-order chi connectivity index (χ0) is 19.4. The van der Waals surface area contributed by atoms with Gasteiger partial charge in [-0.15, -0.1) is 5.10 Å². The van der Waals surface area contributed by atoms with Gasteiger partial charge in [0.05, 0.1) is 24.5 Å². The number of hydrogen-bond donors (Lipinski definition) is 3. The van der Waals surface area contributed by atoms with Crippen molar-refractivity contribution < 1.29 is 9.53 Å². The van der Waals surface area contributed by atoms with E-state index in [1.54, 1.807) is 4.90 Å². The lowest BCUT2D eigenvalue weighted by Crippen LogP contribution is -2.51. The minimum Gasteiger partial charge on any atom is -0.444 e. The molecule has 1 amide bonds. The number of rotatable bonds is 6. The zero-order valence-electron chi connectivity index (χ0n) is 15.8. The molecule has 2 atom stereocenters. The minimum atomic E-state index is -0.626. The summed E-state index contributed by atoms with van der Waals surface area (Å²) in [5.74, 6) is 0.316. The predicted octanol–water partition coefficient (Wildman–Crippen LogP) is 1.77. The van der Waals surface area contributed by atoms with Gasteiger partial charge in [0.2, 0.25) is 0 Å².